The van der Waals surface area contributed by atoms with E-state index in [0.717, 1.165) is 32.8 Å². The highest BCUT2D eigenvalue weighted by Gasteiger charge is 2.32. The number of anilines is 1. The van der Waals surface area contributed by atoms with Gasteiger partial charge in [0.1, 0.15) is 12.6 Å². The van der Waals surface area contributed by atoms with Crippen LogP contribution in [0.4, 0.5) is 5.69 Å². The van der Waals surface area contributed by atoms with E-state index in [2.05, 4.69) is 5.32 Å². The molecule has 0 aliphatic heterocycles. The van der Waals surface area contributed by atoms with Crippen molar-refractivity contribution < 1.29 is 18.0 Å². The Morgan fingerprint density at radius 2 is 1.50 bits per heavy atom. The van der Waals surface area contributed by atoms with Crippen LogP contribution in [0.25, 0.3) is 0 Å². The zero-order valence-corrected chi connectivity index (χ0v) is 22.1. The molecule has 34 heavy (non-hydrogen) atoms. The molecule has 0 heterocycles. The van der Waals surface area contributed by atoms with Crippen molar-refractivity contribution in [2.75, 3.05) is 17.1 Å². The van der Waals surface area contributed by atoms with Crippen LogP contribution in [0.5, 0.6) is 0 Å². The van der Waals surface area contributed by atoms with Crippen LogP contribution in [0.3, 0.4) is 0 Å². The fourth-order valence-corrected chi connectivity index (χ4v) is 5.01. The third kappa shape index (κ3) is 6.82. The van der Waals surface area contributed by atoms with Crippen molar-refractivity contribution >= 4 is 27.5 Å². The molecular weight excluding hydrogens is 450 g/mol. The van der Waals surface area contributed by atoms with Crippen LogP contribution in [-0.4, -0.2) is 50.0 Å². The molecule has 0 saturated heterocycles. The first-order chi connectivity index (χ1) is 15.9. The molecule has 186 valence electrons. The van der Waals surface area contributed by atoms with Gasteiger partial charge in [0.15, 0.2) is 0 Å². The van der Waals surface area contributed by atoms with Gasteiger partial charge < -0.3 is 10.2 Å². The second-order valence-electron chi connectivity index (χ2n) is 9.05. The summed E-state index contributed by atoms with van der Waals surface area (Å²) in [5.74, 6) is -0.681. The van der Waals surface area contributed by atoms with Crippen LogP contribution in [-0.2, 0) is 26.2 Å². The van der Waals surface area contributed by atoms with Gasteiger partial charge in [-0.3, -0.25) is 13.9 Å². The lowest BCUT2D eigenvalue weighted by molar-refractivity contribution is -0.140. The molecule has 8 heteroatoms. The van der Waals surface area contributed by atoms with E-state index >= 15 is 0 Å². The van der Waals surface area contributed by atoms with E-state index in [0.29, 0.717) is 12.1 Å². The van der Waals surface area contributed by atoms with Crippen LogP contribution in [0, 0.1) is 20.8 Å². The Hall–Kier alpha value is -2.87. The maximum atomic E-state index is 13.7. The predicted octanol–water partition coefficient (Wildman–Crippen LogP) is 3.71. The SMILES string of the molecule is CC[C@H](C(=O)NC(C)C)N(Cc1ccccc1C)C(=O)CN(c1c(C)cccc1C)S(C)(=O)=O. The summed E-state index contributed by atoms with van der Waals surface area (Å²) in [4.78, 5) is 28.3. The Bertz CT molecular complexity index is 1110. The van der Waals surface area contributed by atoms with Gasteiger partial charge in [-0.05, 0) is 63.3 Å². The highest BCUT2D eigenvalue weighted by molar-refractivity contribution is 7.92. The average molecular weight is 488 g/mol. The lowest BCUT2D eigenvalue weighted by Crippen LogP contribution is -2.53. The minimum Gasteiger partial charge on any atom is -0.352 e. The first kappa shape index (κ1) is 27.4. The Kier molecular flexibility index (Phi) is 9.27. The van der Waals surface area contributed by atoms with Crippen molar-refractivity contribution in [3.05, 3.63) is 64.7 Å². The Morgan fingerprint density at radius 1 is 0.941 bits per heavy atom. The summed E-state index contributed by atoms with van der Waals surface area (Å²) in [5.41, 5.74) is 3.91. The van der Waals surface area contributed by atoms with Gasteiger partial charge in [-0.1, -0.05) is 49.4 Å². The monoisotopic (exact) mass is 487 g/mol. The average Bonchev–Trinajstić information content (AvgIpc) is 2.72. The van der Waals surface area contributed by atoms with Crippen LogP contribution in [0.1, 0.15) is 49.4 Å². The fraction of sp³-hybridized carbons (Fsp3) is 0.462. The van der Waals surface area contributed by atoms with E-state index in [-0.39, 0.29) is 25.0 Å². The lowest BCUT2D eigenvalue weighted by Gasteiger charge is -2.34. The van der Waals surface area contributed by atoms with Crippen molar-refractivity contribution in [3.8, 4) is 0 Å². The molecule has 0 aliphatic rings. The largest absolute Gasteiger partial charge is 0.352 e. The number of rotatable bonds is 10. The maximum Gasteiger partial charge on any atom is 0.244 e. The number of sulfonamides is 1. The van der Waals surface area contributed by atoms with Crippen LogP contribution < -0.4 is 9.62 Å². The van der Waals surface area contributed by atoms with E-state index in [1.807, 2.05) is 84.0 Å². The van der Waals surface area contributed by atoms with Crippen molar-refractivity contribution in [1.29, 1.82) is 0 Å². The predicted molar refractivity (Wildman–Crippen MR) is 137 cm³/mol. The number of carbonyl (C=O) groups is 2. The van der Waals surface area contributed by atoms with Crippen molar-refractivity contribution in [1.82, 2.24) is 10.2 Å². The number of hydrogen-bond acceptors (Lipinski definition) is 4. The zero-order valence-electron chi connectivity index (χ0n) is 21.3. The zero-order chi connectivity index (χ0) is 25.6. The minimum absolute atomic E-state index is 0.0842. The summed E-state index contributed by atoms with van der Waals surface area (Å²) in [7, 11) is -3.76. The first-order valence-corrected chi connectivity index (χ1v) is 13.4. The van der Waals surface area contributed by atoms with E-state index in [9.17, 15) is 18.0 Å². The standard InChI is InChI=1S/C26H37N3O4S/c1-8-23(26(31)27-18(2)3)28(16-22-15-10-9-12-19(22)4)24(30)17-29(34(7,32)33)25-20(5)13-11-14-21(25)6/h9-15,18,23H,8,16-17H2,1-7H3,(H,27,31)/t23-/m1/s1. The molecule has 1 N–H and O–H groups in total. The summed E-state index contributed by atoms with van der Waals surface area (Å²) in [6, 6.07) is 12.4. The summed E-state index contributed by atoms with van der Waals surface area (Å²) >= 11 is 0. The highest BCUT2D eigenvalue weighted by atomic mass is 32.2. The number of aryl methyl sites for hydroxylation is 3. The molecule has 2 rings (SSSR count). The van der Waals surface area contributed by atoms with Gasteiger partial charge in [-0.15, -0.1) is 0 Å². The van der Waals surface area contributed by atoms with E-state index in [4.69, 9.17) is 0 Å². The quantitative estimate of drug-likeness (QED) is 0.554. The molecule has 0 unspecified atom stereocenters. The number of hydrogen-bond donors (Lipinski definition) is 1. The van der Waals surface area contributed by atoms with Crippen LogP contribution in [0.2, 0.25) is 0 Å². The lowest BCUT2D eigenvalue weighted by atomic mass is 10.1. The summed E-state index contributed by atoms with van der Waals surface area (Å²) in [5, 5.41) is 2.90. The highest BCUT2D eigenvalue weighted by Crippen LogP contribution is 2.27. The van der Waals surface area contributed by atoms with Gasteiger partial charge in [0.05, 0.1) is 11.9 Å². The Morgan fingerprint density at radius 3 is 2.00 bits per heavy atom. The number of amides is 2. The molecule has 0 bridgehead atoms. The molecule has 2 aromatic rings. The van der Waals surface area contributed by atoms with E-state index in [1.54, 1.807) is 0 Å². The molecule has 0 radical (unpaired) electrons. The topological polar surface area (TPSA) is 86.8 Å². The van der Waals surface area contributed by atoms with Gasteiger partial charge in [-0.2, -0.15) is 0 Å². The van der Waals surface area contributed by atoms with Crippen LogP contribution >= 0.6 is 0 Å². The van der Waals surface area contributed by atoms with E-state index < -0.39 is 22.0 Å². The third-order valence-electron chi connectivity index (χ3n) is 5.79. The Balaban J connectivity index is 2.52. The summed E-state index contributed by atoms with van der Waals surface area (Å²) in [6.45, 7) is 11.0. The van der Waals surface area contributed by atoms with Gasteiger partial charge in [0.25, 0.3) is 0 Å². The summed E-state index contributed by atoms with van der Waals surface area (Å²) < 4.78 is 26.8. The van der Waals surface area contributed by atoms with Crippen molar-refractivity contribution in [2.24, 2.45) is 0 Å². The summed E-state index contributed by atoms with van der Waals surface area (Å²) in [6.07, 6.45) is 1.50. The minimum atomic E-state index is -3.76. The third-order valence-corrected chi connectivity index (χ3v) is 6.90. The molecule has 0 aliphatic carbocycles. The molecule has 7 nitrogen and oxygen atoms in total. The molecule has 0 spiro atoms. The fourth-order valence-electron chi connectivity index (χ4n) is 4.05. The second-order valence-corrected chi connectivity index (χ2v) is 11.0. The molecule has 2 aromatic carbocycles. The van der Waals surface area contributed by atoms with Crippen LogP contribution in [0.15, 0.2) is 42.5 Å². The number of nitrogens with zero attached hydrogens (tertiary/aromatic N) is 2. The molecule has 0 saturated carbocycles. The van der Waals surface area contributed by atoms with Gasteiger partial charge in [-0.25, -0.2) is 8.42 Å². The van der Waals surface area contributed by atoms with Gasteiger partial charge in [0.2, 0.25) is 21.8 Å². The Labute approximate surface area is 204 Å². The first-order valence-electron chi connectivity index (χ1n) is 11.5. The maximum absolute atomic E-state index is 13.7. The number of para-hydroxylation sites is 1. The molecule has 0 fully saturated rings. The number of benzene rings is 2. The molecule has 2 amide bonds. The van der Waals surface area contributed by atoms with Gasteiger partial charge in [0, 0.05) is 12.6 Å². The van der Waals surface area contributed by atoms with Gasteiger partial charge >= 0.3 is 0 Å². The van der Waals surface area contributed by atoms with E-state index in [1.165, 1.54) is 4.90 Å². The molecular formula is C26H37N3O4S. The second kappa shape index (κ2) is 11.5. The number of nitrogens with one attached hydrogen (secondary N) is 1. The van der Waals surface area contributed by atoms with Crippen molar-refractivity contribution in [2.45, 2.75) is 66.6 Å². The molecule has 1 atom stereocenters. The smallest absolute Gasteiger partial charge is 0.244 e. The number of carbonyl (C=O) groups excluding carboxylic acids is 2. The van der Waals surface area contributed by atoms with Crippen molar-refractivity contribution in [3.63, 3.8) is 0 Å². The molecule has 0 aromatic heterocycles. The normalized spacial score (nSPS) is 12.4.